The summed E-state index contributed by atoms with van der Waals surface area (Å²) < 4.78 is 11.8. The number of piperidine rings is 1. The fraction of sp³-hybridized carbons (Fsp3) is 0.483. The van der Waals surface area contributed by atoms with Gasteiger partial charge < -0.3 is 14.4 Å². The number of carbonyl (C=O) groups excluding carboxylic acids is 1. The number of benzene rings is 2. The average Bonchev–Trinajstić information content (AvgIpc) is 3.08. The zero-order chi connectivity index (χ0) is 23.0. The molecule has 0 amide bonds. The van der Waals surface area contributed by atoms with Gasteiger partial charge in [0, 0.05) is 34.8 Å². The summed E-state index contributed by atoms with van der Waals surface area (Å²) in [6.07, 6.45) is 4.64. The van der Waals surface area contributed by atoms with E-state index in [9.17, 15) is 4.79 Å². The van der Waals surface area contributed by atoms with Crippen molar-refractivity contribution >= 4 is 11.4 Å². The van der Waals surface area contributed by atoms with E-state index < -0.39 is 0 Å². The SMILES string of the molecule is COc1ccc2c(c1OC)[C@]13CCN(C)[C@H](C2)[C@]12CCC(=O)[C@H]3/C(=C(\C)c1ccccc1)C2. The van der Waals surface area contributed by atoms with Crippen LogP contribution in [0, 0.1) is 11.3 Å². The smallest absolute Gasteiger partial charge is 0.164 e. The summed E-state index contributed by atoms with van der Waals surface area (Å²) in [5, 5.41) is 0. The molecule has 33 heavy (non-hydrogen) atoms. The molecule has 1 heterocycles. The van der Waals surface area contributed by atoms with E-state index in [4.69, 9.17) is 9.47 Å². The number of carbonyl (C=O) groups is 1. The molecule has 4 heteroatoms. The number of ketones is 1. The fourth-order valence-electron chi connectivity index (χ4n) is 8.29. The lowest BCUT2D eigenvalue weighted by molar-refractivity contribution is -0.138. The minimum Gasteiger partial charge on any atom is -0.493 e. The van der Waals surface area contributed by atoms with Crippen molar-refractivity contribution < 1.29 is 14.3 Å². The minimum absolute atomic E-state index is 0.0522. The summed E-state index contributed by atoms with van der Waals surface area (Å²) in [5.74, 6) is 1.96. The van der Waals surface area contributed by atoms with Gasteiger partial charge in [0.2, 0.25) is 0 Å². The van der Waals surface area contributed by atoms with Crippen LogP contribution < -0.4 is 9.47 Å². The van der Waals surface area contributed by atoms with Gasteiger partial charge in [0.05, 0.1) is 14.2 Å². The standard InChI is InChI=1S/C29H33NO3/c1-18(19-8-6-5-7-9-19)21-17-28-13-12-22(31)26(21)29(28)14-15-30(2)24(28)16-20-10-11-23(32-3)27(33-4)25(20)29/h5-11,24,26H,12-17H2,1-4H3/b21-18+/t24-,26-,28-,29+/m1/s1. The van der Waals surface area contributed by atoms with E-state index in [0.717, 1.165) is 43.7 Å². The van der Waals surface area contributed by atoms with Gasteiger partial charge in [0.25, 0.3) is 0 Å². The van der Waals surface area contributed by atoms with Crippen molar-refractivity contribution in [2.75, 3.05) is 27.8 Å². The van der Waals surface area contributed by atoms with E-state index in [-0.39, 0.29) is 16.7 Å². The summed E-state index contributed by atoms with van der Waals surface area (Å²) in [6, 6.07) is 15.3. The summed E-state index contributed by atoms with van der Waals surface area (Å²) in [5.41, 5.74) is 6.31. The summed E-state index contributed by atoms with van der Waals surface area (Å²) in [4.78, 5) is 16.4. The number of ether oxygens (including phenoxy) is 2. The molecule has 172 valence electrons. The Hall–Kier alpha value is -2.59. The van der Waals surface area contributed by atoms with Crippen LogP contribution in [-0.4, -0.2) is 44.5 Å². The highest BCUT2D eigenvalue weighted by Crippen LogP contribution is 2.74. The van der Waals surface area contributed by atoms with Crippen LogP contribution in [0.25, 0.3) is 5.57 Å². The van der Waals surface area contributed by atoms with Gasteiger partial charge in [0.1, 0.15) is 5.78 Å². The Kier molecular flexibility index (Phi) is 4.58. The lowest BCUT2D eigenvalue weighted by Crippen LogP contribution is -2.67. The lowest BCUT2D eigenvalue weighted by atomic mass is 9.44. The van der Waals surface area contributed by atoms with Gasteiger partial charge in [-0.1, -0.05) is 42.0 Å². The lowest BCUT2D eigenvalue weighted by Gasteiger charge is -2.64. The Morgan fingerprint density at radius 1 is 1.06 bits per heavy atom. The molecule has 4 bridgehead atoms. The van der Waals surface area contributed by atoms with E-state index in [1.54, 1.807) is 14.2 Å². The van der Waals surface area contributed by atoms with E-state index in [0.29, 0.717) is 18.2 Å². The molecule has 1 saturated heterocycles. The molecule has 0 N–H and O–H groups in total. The molecule has 3 aliphatic carbocycles. The monoisotopic (exact) mass is 443 g/mol. The molecule has 3 fully saturated rings. The van der Waals surface area contributed by atoms with E-state index in [2.05, 4.69) is 55.3 Å². The van der Waals surface area contributed by atoms with Crippen molar-refractivity contribution in [1.29, 1.82) is 0 Å². The summed E-state index contributed by atoms with van der Waals surface area (Å²) in [7, 11) is 5.75. The molecule has 1 aliphatic heterocycles. The van der Waals surface area contributed by atoms with Crippen LogP contribution in [0.3, 0.4) is 0 Å². The molecular formula is C29H33NO3. The van der Waals surface area contributed by atoms with Crippen molar-refractivity contribution in [1.82, 2.24) is 4.90 Å². The van der Waals surface area contributed by atoms with Crippen molar-refractivity contribution in [2.24, 2.45) is 11.3 Å². The first kappa shape index (κ1) is 21.0. The maximum Gasteiger partial charge on any atom is 0.164 e. The molecule has 6 rings (SSSR count). The second kappa shape index (κ2) is 7.20. The number of hydrogen-bond donors (Lipinski definition) is 0. The summed E-state index contributed by atoms with van der Waals surface area (Å²) >= 11 is 0. The van der Waals surface area contributed by atoms with Crippen LogP contribution in [0.15, 0.2) is 48.0 Å². The van der Waals surface area contributed by atoms with Gasteiger partial charge in [-0.15, -0.1) is 0 Å². The van der Waals surface area contributed by atoms with E-state index in [1.807, 2.05) is 6.07 Å². The molecule has 0 spiro atoms. The number of rotatable bonds is 3. The van der Waals surface area contributed by atoms with Crippen molar-refractivity contribution in [3.05, 3.63) is 64.7 Å². The topological polar surface area (TPSA) is 38.8 Å². The first-order valence-electron chi connectivity index (χ1n) is 12.2. The number of fused-ring (bicyclic) bond motifs is 1. The van der Waals surface area contributed by atoms with Gasteiger partial charge in [0.15, 0.2) is 11.5 Å². The van der Waals surface area contributed by atoms with Crippen LogP contribution in [0.4, 0.5) is 0 Å². The third-order valence-electron chi connectivity index (χ3n) is 9.58. The highest BCUT2D eigenvalue weighted by atomic mass is 16.5. The zero-order valence-corrected chi connectivity index (χ0v) is 20.1. The number of methoxy groups -OCH3 is 2. The number of nitrogens with zero attached hydrogens (tertiary/aromatic N) is 1. The Bertz CT molecular complexity index is 1170. The third kappa shape index (κ3) is 2.48. The number of Topliss-reactive ketones (excluding diaryl/α,β-unsaturated/α-hetero) is 1. The normalized spacial score (nSPS) is 33.9. The molecular weight excluding hydrogens is 410 g/mol. The highest BCUT2D eigenvalue weighted by molar-refractivity contribution is 5.92. The van der Waals surface area contributed by atoms with Crippen LogP contribution in [0.2, 0.25) is 0 Å². The maximum absolute atomic E-state index is 13.9. The second-order valence-electron chi connectivity index (χ2n) is 10.5. The van der Waals surface area contributed by atoms with E-state index >= 15 is 0 Å². The fourth-order valence-corrected chi connectivity index (χ4v) is 8.29. The van der Waals surface area contributed by atoms with Gasteiger partial charge >= 0.3 is 0 Å². The molecule has 4 nitrogen and oxygen atoms in total. The first-order valence-corrected chi connectivity index (χ1v) is 12.2. The molecule has 0 unspecified atom stereocenters. The zero-order valence-electron chi connectivity index (χ0n) is 20.1. The predicted octanol–water partition coefficient (Wildman–Crippen LogP) is 5.04. The number of likely N-dealkylation sites (tertiary alicyclic amines) is 1. The van der Waals surface area contributed by atoms with Crippen molar-refractivity contribution in [2.45, 2.75) is 50.5 Å². The molecule has 2 saturated carbocycles. The van der Waals surface area contributed by atoms with Gasteiger partial charge in [-0.05, 0) is 69.0 Å². The van der Waals surface area contributed by atoms with E-state index in [1.165, 1.54) is 27.8 Å². The van der Waals surface area contributed by atoms with Crippen molar-refractivity contribution in [3.63, 3.8) is 0 Å². The Labute approximate surface area is 196 Å². The third-order valence-corrected chi connectivity index (χ3v) is 9.58. The van der Waals surface area contributed by atoms with Crippen LogP contribution in [-0.2, 0) is 16.6 Å². The highest BCUT2D eigenvalue weighted by Gasteiger charge is 2.73. The van der Waals surface area contributed by atoms with Gasteiger partial charge in [-0.25, -0.2) is 0 Å². The predicted molar refractivity (Wildman–Crippen MR) is 130 cm³/mol. The van der Waals surface area contributed by atoms with Crippen LogP contribution >= 0.6 is 0 Å². The number of hydrogen-bond acceptors (Lipinski definition) is 4. The molecule has 0 radical (unpaired) electrons. The van der Waals surface area contributed by atoms with Crippen molar-refractivity contribution in [3.8, 4) is 11.5 Å². The largest absolute Gasteiger partial charge is 0.493 e. The molecule has 2 aromatic rings. The molecule has 0 aromatic heterocycles. The Morgan fingerprint density at radius 2 is 1.85 bits per heavy atom. The Morgan fingerprint density at radius 3 is 2.58 bits per heavy atom. The van der Waals surface area contributed by atoms with Crippen LogP contribution in [0.1, 0.15) is 49.3 Å². The molecule has 4 atom stereocenters. The minimum atomic E-state index is -0.224. The summed E-state index contributed by atoms with van der Waals surface area (Å²) in [6.45, 7) is 3.24. The quantitative estimate of drug-likeness (QED) is 0.666. The first-order chi connectivity index (χ1) is 16.0. The van der Waals surface area contributed by atoms with Crippen LogP contribution in [0.5, 0.6) is 11.5 Å². The second-order valence-corrected chi connectivity index (χ2v) is 10.5. The average molecular weight is 444 g/mol. The maximum atomic E-state index is 13.9. The number of allylic oxidation sites excluding steroid dienone is 2. The number of likely N-dealkylation sites (N-methyl/N-ethyl adjacent to an activating group) is 1. The van der Waals surface area contributed by atoms with Gasteiger partial charge in [-0.2, -0.15) is 0 Å². The van der Waals surface area contributed by atoms with Gasteiger partial charge in [-0.3, -0.25) is 4.79 Å². The molecule has 4 aliphatic rings. The Balaban J connectivity index is 1.69. The molecule has 2 aromatic carbocycles.